The zero-order valence-electron chi connectivity index (χ0n) is 15.4. The zero-order valence-corrected chi connectivity index (χ0v) is 16.2. The van der Waals surface area contributed by atoms with Gasteiger partial charge in [-0.25, -0.2) is 18.4 Å². The summed E-state index contributed by atoms with van der Waals surface area (Å²) in [6.45, 7) is 2.72. The van der Waals surface area contributed by atoms with Crippen molar-refractivity contribution >= 4 is 26.9 Å². The average molecular weight is 378 g/mol. The molecule has 142 valence electrons. The second-order valence-electron chi connectivity index (χ2n) is 7.77. The van der Waals surface area contributed by atoms with E-state index in [1.807, 2.05) is 26.2 Å². The molecule has 2 aliphatic rings. The summed E-state index contributed by atoms with van der Waals surface area (Å²) in [5.74, 6) is 1.43. The van der Waals surface area contributed by atoms with Crippen LogP contribution >= 0.6 is 0 Å². The molecule has 0 bridgehead atoms. The number of aromatic amines is 1. The van der Waals surface area contributed by atoms with Crippen LogP contribution in [0, 0.1) is 5.92 Å². The molecule has 7 nitrogen and oxygen atoms in total. The molecule has 1 N–H and O–H groups in total. The van der Waals surface area contributed by atoms with Gasteiger partial charge in [0, 0.05) is 31.9 Å². The van der Waals surface area contributed by atoms with Crippen molar-refractivity contribution in [2.75, 3.05) is 24.2 Å². The van der Waals surface area contributed by atoms with Gasteiger partial charge in [0.2, 0.25) is 10.0 Å². The molecule has 4 rings (SSSR count). The number of H-pyrrole nitrogens is 1. The van der Waals surface area contributed by atoms with E-state index < -0.39 is 10.0 Å². The van der Waals surface area contributed by atoms with Crippen LogP contribution < -0.4 is 4.90 Å². The molecule has 2 fully saturated rings. The van der Waals surface area contributed by atoms with Gasteiger partial charge in [-0.3, -0.25) is 0 Å². The summed E-state index contributed by atoms with van der Waals surface area (Å²) in [7, 11) is -1.11. The first kappa shape index (κ1) is 17.7. The van der Waals surface area contributed by atoms with Gasteiger partial charge in [-0.2, -0.15) is 4.31 Å². The second-order valence-corrected chi connectivity index (χ2v) is 9.74. The number of hydrogen-bond donors (Lipinski definition) is 1. The van der Waals surface area contributed by atoms with Crippen LogP contribution in [-0.2, 0) is 10.0 Å². The summed E-state index contributed by atoms with van der Waals surface area (Å²) in [6.07, 6.45) is 8.34. The summed E-state index contributed by atoms with van der Waals surface area (Å²) in [6, 6.07) is 2.47. The van der Waals surface area contributed by atoms with Crippen LogP contribution in [0.4, 0.5) is 5.82 Å². The highest BCUT2D eigenvalue weighted by atomic mass is 32.2. The first-order chi connectivity index (χ1) is 12.5. The van der Waals surface area contributed by atoms with E-state index in [9.17, 15) is 8.42 Å². The van der Waals surface area contributed by atoms with Gasteiger partial charge in [0.15, 0.2) is 0 Å². The Balaban J connectivity index is 1.38. The normalized spacial score (nSPS) is 27.4. The Morgan fingerprint density at radius 1 is 1.31 bits per heavy atom. The minimum Gasteiger partial charge on any atom is -0.356 e. The van der Waals surface area contributed by atoms with Gasteiger partial charge in [0.1, 0.15) is 17.8 Å². The molecule has 1 aliphatic heterocycles. The maximum atomic E-state index is 12.8. The van der Waals surface area contributed by atoms with E-state index in [1.165, 1.54) is 0 Å². The fourth-order valence-electron chi connectivity index (χ4n) is 4.34. The number of piperidine rings is 1. The molecule has 1 saturated heterocycles. The first-order valence-electron chi connectivity index (χ1n) is 9.46. The van der Waals surface area contributed by atoms with E-state index >= 15 is 0 Å². The molecule has 0 radical (unpaired) electrons. The largest absolute Gasteiger partial charge is 0.356 e. The molecule has 8 heteroatoms. The standard InChI is InChI=1S/C18H27N5O2S/c1-13-5-3-4-8-23(13)26(24,25)11-14-9-15(10-14)22(2)18-16-6-7-19-17(16)20-12-21-18/h6-7,12-15H,3-5,8-11H2,1-2H3,(H,19,20,21). The lowest BCUT2D eigenvalue weighted by molar-refractivity contribution is 0.251. The fourth-order valence-corrected chi connectivity index (χ4v) is 6.46. The van der Waals surface area contributed by atoms with Crippen LogP contribution in [0.25, 0.3) is 11.0 Å². The molecule has 1 unspecified atom stereocenters. The van der Waals surface area contributed by atoms with Gasteiger partial charge in [0.05, 0.1) is 11.1 Å². The average Bonchev–Trinajstić information content (AvgIpc) is 3.06. The predicted molar refractivity (Wildman–Crippen MR) is 103 cm³/mol. The molecule has 3 heterocycles. The van der Waals surface area contributed by atoms with Crippen molar-refractivity contribution < 1.29 is 8.42 Å². The van der Waals surface area contributed by atoms with Gasteiger partial charge in [0.25, 0.3) is 0 Å². The Bertz CT molecular complexity index is 875. The molecule has 26 heavy (non-hydrogen) atoms. The summed E-state index contributed by atoms with van der Waals surface area (Å²) in [4.78, 5) is 13.9. The number of nitrogens with zero attached hydrogens (tertiary/aromatic N) is 4. The lowest BCUT2D eigenvalue weighted by Gasteiger charge is -2.43. The SMILES string of the molecule is CC1CCCCN1S(=O)(=O)CC1CC(N(C)c2ncnc3[nH]ccc23)C1. The Hall–Kier alpha value is -1.67. The van der Waals surface area contributed by atoms with Gasteiger partial charge in [-0.15, -0.1) is 0 Å². The molecule has 2 aromatic rings. The van der Waals surface area contributed by atoms with Crippen LogP contribution in [0.2, 0.25) is 0 Å². The first-order valence-corrected chi connectivity index (χ1v) is 11.1. The number of rotatable bonds is 5. The Kier molecular flexibility index (Phi) is 4.64. The minimum absolute atomic E-state index is 0.148. The molecule has 0 spiro atoms. The third kappa shape index (κ3) is 3.20. The number of aromatic nitrogens is 3. The van der Waals surface area contributed by atoms with Crippen LogP contribution in [0.15, 0.2) is 18.6 Å². The van der Waals surface area contributed by atoms with Crippen LogP contribution in [0.5, 0.6) is 0 Å². The summed E-state index contributed by atoms with van der Waals surface area (Å²) in [5.41, 5.74) is 0.833. The van der Waals surface area contributed by atoms with Gasteiger partial charge >= 0.3 is 0 Å². The van der Waals surface area contributed by atoms with Gasteiger partial charge < -0.3 is 9.88 Å². The van der Waals surface area contributed by atoms with Crippen LogP contribution in [0.1, 0.15) is 39.0 Å². The van der Waals surface area contributed by atoms with E-state index in [-0.39, 0.29) is 17.7 Å². The molecule has 0 amide bonds. The quantitative estimate of drug-likeness (QED) is 0.865. The van der Waals surface area contributed by atoms with Crippen molar-refractivity contribution in [1.82, 2.24) is 19.3 Å². The van der Waals surface area contributed by atoms with Crippen molar-refractivity contribution in [2.45, 2.75) is 51.1 Å². The molecule has 1 saturated carbocycles. The lowest BCUT2D eigenvalue weighted by Crippen LogP contribution is -2.49. The van der Waals surface area contributed by atoms with Crippen molar-refractivity contribution in [3.8, 4) is 0 Å². The summed E-state index contributed by atoms with van der Waals surface area (Å²) < 4.78 is 27.3. The Morgan fingerprint density at radius 3 is 2.88 bits per heavy atom. The molecular weight excluding hydrogens is 350 g/mol. The number of fused-ring (bicyclic) bond motifs is 1. The predicted octanol–water partition coefficient (Wildman–Crippen LogP) is 2.38. The van der Waals surface area contributed by atoms with E-state index in [0.717, 1.165) is 49.0 Å². The molecule has 1 atom stereocenters. The van der Waals surface area contributed by atoms with Gasteiger partial charge in [-0.1, -0.05) is 6.42 Å². The van der Waals surface area contributed by atoms with Crippen LogP contribution in [0.3, 0.4) is 0 Å². The molecule has 2 aromatic heterocycles. The second kappa shape index (κ2) is 6.81. The highest BCUT2D eigenvalue weighted by Crippen LogP contribution is 2.36. The topological polar surface area (TPSA) is 82.2 Å². The molecular formula is C18H27N5O2S. The maximum Gasteiger partial charge on any atom is 0.214 e. The monoisotopic (exact) mass is 377 g/mol. The maximum absolute atomic E-state index is 12.8. The lowest BCUT2D eigenvalue weighted by atomic mass is 9.81. The minimum atomic E-state index is -3.15. The number of nitrogens with one attached hydrogen (secondary N) is 1. The van der Waals surface area contributed by atoms with Crippen molar-refractivity contribution in [2.24, 2.45) is 5.92 Å². The fraction of sp³-hybridized carbons (Fsp3) is 0.667. The molecule has 1 aliphatic carbocycles. The van der Waals surface area contributed by atoms with Crippen molar-refractivity contribution in [3.63, 3.8) is 0 Å². The smallest absolute Gasteiger partial charge is 0.214 e. The molecule has 0 aromatic carbocycles. The summed E-state index contributed by atoms with van der Waals surface area (Å²) in [5, 5.41) is 1.01. The van der Waals surface area contributed by atoms with Gasteiger partial charge in [-0.05, 0) is 44.6 Å². The van der Waals surface area contributed by atoms with Crippen LogP contribution in [-0.4, -0.2) is 59.1 Å². The third-order valence-corrected chi connectivity index (χ3v) is 8.12. The van der Waals surface area contributed by atoms with E-state index in [1.54, 1.807) is 10.6 Å². The van der Waals surface area contributed by atoms with E-state index in [0.29, 0.717) is 12.6 Å². The zero-order chi connectivity index (χ0) is 18.3. The number of hydrogen-bond acceptors (Lipinski definition) is 5. The van der Waals surface area contributed by atoms with E-state index in [4.69, 9.17) is 0 Å². The highest BCUT2D eigenvalue weighted by Gasteiger charge is 2.39. The Labute approximate surface area is 154 Å². The highest BCUT2D eigenvalue weighted by molar-refractivity contribution is 7.89. The van der Waals surface area contributed by atoms with E-state index in [2.05, 4.69) is 19.9 Å². The van der Waals surface area contributed by atoms with Crippen molar-refractivity contribution in [1.29, 1.82) is 0 Å². The number of anilines is 1. The third-order valence-electron chi connectivity index (χ3n) is 5.97. The summed E-state index contributed by atoms with van der Waals surface area (Å²) >= 11 is 0. The number of sulfonamides is 1. The Morgan fingerprint density at radius 2 is 2.12 bits per heavy atom. The van der Waals surface area contributed by atoms with Crippen molar-refractivity contribution in [3.05, 3.63) is 18.6 Å².